The molecule has 1 fully saturated rings. The normalized spacial score (nSPS) is 21.6. The van der Waals surface area contributed by atoms with Crippen LogP contribution >= 0.6 is 0 Å². The zero-order valence-electron chi connectivity index (χ0n) is 36.9. The van der Waals surface area contributed by atoms with Gasteiger partial charge >= 0.3 is 0 Å². The molecule has 1 aliphatic carbocycles. The average Bonchev–Trinajstić information content (AvgIpc) is 3.21. The highest BCUT2D eigenvalue weighted by atomic mass is 15.2. The zero-order chi connectivity index (χ0) is 41.3. The second kappa shape index (κ2) is 12.9. The molecule has 0 amide bonds. The molecule has 298 valence electrons. The SMILES string of the molecule is CC(C)(C)c1ccc(N2c3cc(N4c5ccccc5C(C)(C)C5(C)CCCCC45C)ccc3B3c4ccccc4N(c4ccccc4)c4cc(C(C)(C)C)cc2c43)cc1. The first-order valence-electron chi connectivity index (χ1n) is 22.1. The van der Waals surface area contributed by atoms with E-state index >= 15 is 0 Å². The van der Waals surface area contributed by atoms with Crippen LogP contribution in [0.15, 0.2) is 133 Å². The van der Waals surface area contributed by atoms with E-state index < -0.39 is 0 Å². The number of benzene rings is 6. The lowest BCUT2D eigenvalue weighted by atomic mass is 9.33. The fourth-order valence-electron chi connectivity index (χ4n) is 11.8. The molecule has 1 saturated carbocycles. The fraction of sp³-hybridized carbons (Fsp3) is 0.345. The highest BCUT2D eigenvalue weighted by molar-refractivity contribution is 7.00. The smallest absolute Gasteiger partial charge is 0.252 e. The number of fused-ring (bicyclic) bond motifs is 6. The highest BCUT2D eigenvalue weighted by Crippen LogP contribution is 2.65. The van der Waals surface area contributed by atoms with Crippen LogP contribution in [0.5, 0.6) is 0 Å². The van der Waals surface area contributed by atoms with Gasteiger partial charge in [0.25, 0.3) is 6.71 Å². The molecule has 3 nitrogen and oxygen atoms in total. The summed E-state index contributed by atoms with van der Waals surface area (Å²) >= 11 is 0. The summed E-state index contributed by atoms with van der Waals surface area (Å²) in [6.45, 7) is 24.3. The van der Waals surface area contributed by atoms with Gasteiger partial charge in [0.05, 0.1) is 0 Å². The van der Waals surface area contributed by atoms with Gasteiger partial charge in [0.15, 0.2) is 0 Å². The van der Waals surface area contributed by atoms with Crippen LogP contribution in [0.3, 0.4) is 0 Å². The van der Waals surface area contributed by atoms with Crippen molar-refractivity contribution in [3.05, 3.63) is 150 Å². The van der Waals surface area contributed by atoms with Gasteiger partial charge in [-0.25, -0.2) is 0 Å². The molecular weight excluding hydrogens is 713 g/mol. The summed E-state index contributed by atoms with van der Waals surface area (Å²) in [5.74, 6) is 0. The van der Waals surface area contributed by atoms with E-state index in [2.05, 4.69) is 217 Å². The Morgan fingerprint density at radius 3 is 1.69 bits per heavy atom. The van der Waals surface area contributed by atoms with Crippen molar-refractivity contribution < 1.29 is 0 Å². The number of anilines is 8. The van der Waals surface area contributed by atoms with E-state index in [9.17, 15) is 0 Å². The van der Waals surface area contributed by atoms with Gasteiger partial charge in [-0.3, -0.25) is 0 Å². The van der Waals surface area contributed by atoms with Crippen LogP contribution in [-0.4, -0.2) is 12.3 Å². The van der Waals surface area contributed by atoms with Crippen molar-refractivity contribution in [2.45, 2.75) is 117 Å². The largest absolute Gasteiger partial charge is 0.335 e. The quantitative estimate of drug-likeness (QED) is 0.166. The summed E-state index contributed by atoms with van der Waals surface area (Å²) in [6.07, 6.45) is 4.93. The van der Waals surface area contributed by atoms with E-state index in [0.29, 0.717) is 0 Å². The monoisotopic (exact) mass is 773 g/mol. The lowest BCUT2D eigenvalue weighted by Crippen LogP contribution is -2.67. The predicted octanol–water partition coefficient (Wildman–Crippen LogP) is 13.1. The van der Waals surface area contributed by atoms with Crippen LogP contribution in [0.2, 0.25) is 0 Å². The second-order valence-corrected chi connectivity index (χ2v) is 21.0. The molecule has 3 aliphatic heterocycles. The summed E-state index contributed by atoms with van der Waals surface area (Å²) in [6, 6.07) is 51.4. The Labute approximate surface area is 354 Å². The lowest BCUT2D eigenvalue weighted by Gasteiger charge is -2.66. The van der Waals surface area contributed by atoms with Gasteiger partial charge < -0.3 is 14.7 Å². The van der Waals surface area contributed by atoms with E-state index in [-0.39, 0.29) is 33.9 Å². The summed E-state index contributed by atoms with van der Waals surface area (Å²) in [5, 5.41) is 0. The molecule has 6 aromatic rings. The third kappa shape index (κ3) is 5.40. The first-order valence-corrected chi connectivity index (χ1v) is 22.1. The lowest BCUT2D eigenvalue weighted by molar-refractivity contribution is 0.0106. The highest BCUT2D eigenvalue weighted by Gasteiger charge is 2.62. The number of hydrogen-bond donors (Lipinski definition) is 0. The van der Waals surface area contributed by atoms with Crippen molar-refractivity contribution in [1.82, 2.24) is 0 Å². The maximum atomic E-state index is 2.78. The maximum Gasteiger partial charge on any atom is 0.252 e. The minimum Gasteiger partial charge on any atom is -0.335 e. The summed E-state index contributed by atoms with van der Waals surface area (Å²) in [7, 11) is 0. The maximum absolute atomic E-state index is 2.78. The van der Waals surface area contributed by atoms with Crippen molar-refractivity contribution >= 4 is 68.6 Å². The molecule has 3 heterocycles. The molecule has 2 atom stereocenters. The molecule has 6 aromatic carbocycles. The van der Waals surface area contributed by atoms with E-state index in [0.717, 1.165) is 0 Å². The van der Waals surface area contributed by atoms with Gasteiger partial charge in [-0.1, -0.05) is 148 Å². The molecule has 4 heteroatoms. The topological polar surface area (TPSA) is 9.72 Å². The Hall–Kier alpha value is -5.22. The second-order valence-electron chi connectivity index (χ2n) is 21.0. The first kappa shape index (κ1) is 38.0. The number of hydrogen-bond acceptors (Lipinski definition) is 3. The summed E-state index contributed by atoms with van der Waals surface area (Å²) in [4.78, 5) is 7.93. The molecule has 0 saturated heterocycles. The Morgan fingerprint density at radius 2 is 1.02 bits per heavy atom. The number of para-hydroxylation sites is 3. The van der Waals surface area contributed by atoms with E-state index in [1.165, 1.54) is 104 Å². The van der Waals surface area contributed by atoms with Crippen LogP contribution in [0.4, 0.5) is 45.5 Å². The van der Waals surface area contributed by atoms with Crippen molar-refractivity contribution in [3.63, 3.8) is 0 Å². The van der Waals surface area contributed by atoms with Gasteiger partial charge in [-0.15, -0.1) is 0 Å². The molecule has 0 bridgehead atoms. The minimum absolute atomic E-state index is 0.0272. The van der Waals surface area contributed by atoms with Crippen molar-refractivity contribution in [2.75, 3.05) is 14.7 Å². The molecule has 2 unspecified atom stereocenters. The van der Waals surface area contributed by atoms with Crippen molar-refractivity contribution in [1.29, 1.82) is 0 Å². The molecule has 59 heavy (non-hydrogen) atoms. The summed E-state index contributed by atoms with van der Waals surface area (Å²) in [5.41, 5.74) is 18.3. The molecule has 0 N–H and O–H groups in total. The fourth-order valence-corrected chi connectivity index (χ4v) is 11.8. The Balaban J connectivity index is 1.28. The molecule has 0 aromatic heterocycles. The third-order valence-corrected chi connectivity index (χ3v) is 15.6. The van der Waals surface area contributed by atoms with Gasteiger partial charge in [0, 0.05) is 56.5 Å². The summed E-state index contributed by atoms with van der Waals surface area (Å²) < 4.78 is 0. The number of rotatable bonds is 3. The van der Waals surface area contributed by atoms with Crippen LogP contribution in [0, 0.1) is 5.41 Å². The standard InChI is InChI=1S/C55H60BN3/c1-51(2,3)37-26-28-40(29-27-37)58-47-36-41(59-45-24-16-14-22-42(45)53(7,8)54(9)32-18-19-33-55(54,59)10)30-31-44(47)56-43-23-15-17-25-46(43)57(39-20-12-11-13-21-39)48-34-38(52(4,5)6)35-49(58)50(48)56/h11-17,20-31,34-36H,18-19,32-33H2,1-10H3. The zero-order valence-corrected chi connectivity index (χ0v) is 36.9. The van der Waals surface area contributed by atoms with Crippen molar-refractivity contribution in [2.24, 2.45) is 5.41 Å². The van der Waals surface area contributed by atoms with E-state index in [4.69, 9.17) is 0 Å². The third-order valence-electron chi connectivity index (χ3n) is 15.6. The van der Waals surface area contributed by atoms with E-state index in [1.54, 1.807) is 0 Å². The molecular formula is C55H60BN3. The number of nitrogens with zero attached hydrogens (tertiary/aromatic N) is 3. The minimum atomic E-state index is -0.0748. The van der Waals surface area contributed by atoms with Crippen LogP contribution in [-0.2, 0) is 16.2 Å². The van der Waals surface area contributed by atoms with Gasteiger partial charge in [-0.2, -0.15) is 0 Å². The van der Waals surface area contributed by atoms with Gasteiger partial charge in [0.2, 0.25) is 0 Å². The molecule has 10 rings (SSSR count). The Bertz CT molecular complexity index is 2610. The molecule has 4 aliphatic rings. The average molecular weight is 774 g/mol. The Morgan fingerprint density at radius 1 is 0.475 bits per heavy atom. The van der Waals surface area contributed by atoms with Crippen LogP contribution in [0.1, 0.15) is 112 Å². The molecule has 0 spiro atoms. The van der Waals surface area contributed by atoms with Crippen LogP contribution < -0.4 is 31.1 Å². The van der Waals surface area contributed by atoms with Crippen molar-refractivity contribution in [3.8, 4) is 0 Å². The van der Waals surface area contributed by atoms with Gasteiger partial charge in [-0.05, 0) is 130 Å². The van der Waals surface area contributed by atoms with Gasteiger partial charge in [0.1, 0.15) is 0 Å². The van der Waals surface area contributed by atoms with Crippen LogP contribution in [0.25, 0.3) is 0 Å². The van der Waals surface area contributed by atoms with E-state index in [1.807, 2.05) is 0 Å². The Kier molecular flexibility index (Phi) is 8.31. The molecule has 0 radical (unpaired) electrons. The first-order chi connectivity index (χ1) is 28.0. The predicted molar refractivity (Wildman–Crippen MR) is 254 cm³/mol.